The topological polar surface area (TPSA) is 80.4 Å². The molecule has 2 atom stereocenters. The van der Waals surface area contributed by atoms with Gasteiger partial charge >= 0.3 is 0 Å². The van der Waals surface area contributed by atoms with Crippen LogP contribution in [0.5, 0.6) is 11.5 Å². The smallest absolute Gasteiger partial charge is 0.252 e. The molecule has 1 aromatic carbocycles. The van der Waals surface area contributed by atoms with Crippen molar-refractivity contribution in [3.8, 4) is 17.6 Å². The molecule has 0 unspecified atom stereocenters. The highest BCUT2D eigenvalue weighted by molar-refractivity contribution is 5.88. The molecule has 1 fully saturated rings. The van der Waals surface area contributed by atoms with Crippen molar-refractivity contribution in [2.45, 2.75) is 45.8 Å². The first-order valence-electron chi connectivity index (χ1n) is 11.3. The highest BCUT2D eigenvalue weighted by Gasteiger charge is 2.29. The van der Waals surface area contributed by atoms with Crippen molar-refractivity contribution in [3.63, 3.8) is 0 Å². The fourth-order valence-corrected chi connectivity index (χ4v) is 4.25. The number of nitrogens with zero attached hydrogens (tertiary/aromatic N) is 4. The molecule has 172 valence electrons. The van der Waals surface area contributed by atoms with E-state index in [4.69, 9.17) is 9.47 Å². The van der Waals surface area contributed by atoms with Gasteiger partial charge in [0.25, 0.3) is 5.56 Å². The van der Waals surface area contributed by atoms with E-state index in [0.29, 0.717) is 11.2 Å². The molecule has 0 spiro atoms. The second-order valence-electron chi connectivity index (χ2n) is 9.66. The minimum atomic E-state index is -0.241. The molecule has 0 aliphatic carbocycles. The molecule has 0 saturated carbocycles. The number of pyridine rings is 2. The monoisotopic (exact) mass is 446 g/mol. The van der Waals surface area contributed by atoms with Gasteiger partial charge in [0, 0.05) is 38.5 Å². The van der Waals surface area contributed by atoms with Crippen LogP contribution in [0.15, 0.2) is 47.3 Å². The summed E-state index contributed by atoms with van der Waals surface area (Å²) < 4.78 is 13.8. The van der Waals surface area contributed by atoms with Crippen molar-refractivity contribution in [2.24, 2.45) is 13.0 Å². The molecule has 33 heavy (non-hydrogen) atoms. The average Bonchev–Trinajstić information content (AvgIpc) is 2.77. The molecule has 0 radical (unpaired) electrons. The van der Waals surface area contributed by atoms with E-state index in [1.54, 1.807) is 29.8 Å². The number of anilines is 1. The summed E-state index contributed by atoms with van der Waals surface area (Å²) in [7, 11) is 1.72. The van der Waals surface area contributed by atoms with Gasteiger partial charge in [-0.25, -0.2) is 4.98 Å². The van der Waals surface area contributed by atoms with E-state index in [1.165, 1.54) is 0 Å². The first kappa shape index (κ1) is 22.7. The predicted molar refractivity (Wildman–Crippen MR) is 129 cm³/mol. The van der Waals surface area contributed by atoms with Crippen LogP contribution >= 0.6 is 0 Å². The Bertz CT molecular complexity index is 1250. The number of aromatic nitrogens is 2. The van der Waals surface area contributed by atoms with E-state index in [0.717, 1.165) is 42.2 Å². The third-order valence-electron chi connectivity index (χ3n) is 5.89. The molecule has 0 amide bonds. The molecule has 7 heteroatoms. The minimum Gasteiger partial charge on any atom is -0.490 e. The molecular weight excluding hydrogens is 416 g/mol. The van der Waals surface area contributed by atoms with Crippen LogP contribution in [0.1, 0.15) is 39.8 Å². The summed E-state index contributed by atoms with van der Waals surface area (Å²) in [6, 6.07) is 14.9. The van der Waals surface area contributed by atoms with Crippen molar-refractivity contribution in [2.75, 3.05) is 18.0 Å². The third kappa shape index (κ3) is 4.95. The van der Waals surface area contributed by atoms with E-state index >= 15 is 0 Å². The molecule has 4 rings (SSSR count). The number of rotatable bonds is 4. The highest BCUT2D eigenvalue weighted by atomic mass is 16.5. The molecule has 2 aromatic heterocycles. The summed E-state index contributed by atoms with van der Waals surface area (Å²) in [6.07, 6.45) is 0.881. The minimum absolute atomic E-state index is 0.0658. The Morgan fingerprint density at radius 1 is 1.12 bits per heavy atom. The summed E-state index contributed by atoms with van der Waals surface area (Å²) in [5, 5.41) is 9.29. The lowest BCUT2D eigenvalue weighted by Gasteiger charge is -2.38. The van der Waals surface area contributed by atoms with Crippen LogP contribution in [0, 0.1) is 17.2 Å². The van der Waals surface area contributed by atoms with E-state index < -0.39 is 0 Å². The van der Waals surface area contributed by atoms with Crippen LogP contribution in [0.4, 0.5) is 5.69 Å². The van der Waals surface area contributed by atoms with Gasteiger partial charge in [0.15, 0.2) is 0 Å². The van der Waals surface area contributed by atoms with Crippen LogP contribution in [-0.4, -0.2) is 34.3 Å². The number of piperidine rings is 1. The van der Waals surface area contributed by atoms with Crippen molar-refractivity contribution in [1.29, 1.82) is 5.26 Å². The SMILES string of the molecule is C[C@@H]1CN(c2cc(=O)n(C)c3ccc(C#N)nc23)CC[C@@H]1Oc1ccc(OC(C)(C)C)cc1. The Hall–Kier alpha value is -3.53. The summed E-state index contributed by atoms with van der Waals surface area (Å²) in [6.45, 7) is 9.70. The van der Waals surface area contributed by atoms with Gasteiger partial charge in [-0.05, 0) is 57.2 Å². The molecule has 3 heterocycles. The second kappa shape index (κ2) is 8.78. The quantitative estimate of drug-likeness (QED) is 0.595. The van der Waals surface area contributed by atoms with Crippen molar-refractivity contribution in [1.82, 2.24) is 9.55 Å². The third-order valence-corrected chi connectivity index (χ3v) is 5.89. The Morgan fingerprint density at radius 3 is 2.45 bits per heavy atom. The summed E-state index contributed by atoms with van der Waals surface area (Å²) in [5.41, 5.74) is 2.19. The molecule has 0 N–H and O–H groups in total. The second-order valence-corrected chi connectivity index (χ2v) is 9.66. The molecule has 1 aliphatic heterocycles. The molecule has 3 aromatic rings. The first-order chi connectivity index (χ1) is 15.6. The lowest BCUT2D eigenvalue weighted by molar-refractivity contribution is 0.119. The zero-order valence-electron chi connectivity index (χ0n) is 19.8. The summed E-state index contributed by atoms with van der Waals surface area (Å²) >= 11 is 0. The van der Waals surface area contributed by atoms with Gasteiger partial charge in [0.1, 0.15) is 40.5 Å². The van der Waals surface area contributed by atoms with E-state index in [-0.39, 0.29) is 23.2 Å². The van der Waals surface area contributed by atoms with Gasteiger partial charge in [0.05, 0.1) is 11.2 Å². The molecule has 1 saturated heterocycles. The normalized spacial score (nSPS) is 18.7. The van der Waals surface area contributed by atoms with Gasteiger partial charge in [-0.3, -0.25) is 4.79 Å². The van der Waals surface area contributed by atoms with Crippen LogP contribution in [-0.2, 0) is 7.05 Å². The standard InChI is InChI=1S/C26H30N4O3/c1-17-16-30(22-14-24(31)29(5)21-11-6-18(15-27)28-25(21)22)13-12-23(17)32-19-7-9-20(10-8-19)33-26(2,3)4/h6-11,14,17,23H,12-13,16H2,1-5H3/t17-,23+/m1/s1. The number of aryl methyl sites for hydroxylation is 1. The fraction of sp³-hybridized carbons (Fsp3) is 0.423. The van der Waals surface area contributed by atoms with E-state index in [1.807, 2.05) is 45.0 Å². The van der Waals surface area contributed by atoms with Gasteiger partial charge < -0.3 is 18.9 Å². The number of ether oxygens (including phenoxy) is 2. The van der Waals surface area contributed by atoms with Gasteiger partial charge in [-0.15, -0.1) is 0 Å². The van der Waals surface area contributed by atoms with Gasteiger partial charge in [-0.2, -0.15) is 5.26 Å². The zero-order valence-corrected chi connectivity index (χ0v) is 19.8. The van der Waals surface area contributed by atoms with Crippen LogP contribution in [0.3, 0.4) is 0 Å². The van der Waals surface area contributed by atoms with Crippen LogP contribution in [0.2, 0.25) is 0 Å². The average molecular weight is 447 g/mol. The molecule has 1 aliphatic rings. The summed E-state index contributed by atoms with van der Waals surface area (Å²) in [4.78, 5) is 19.3. The van der Waals surface area contributed by atoms with E-state index in [9.17, 15) is 10.1 Å². The number of fused-ring (bicyclic) bond motifs is 1. The predicted octanol–water partition coefficient (Wildman–Crippen LogP) is 4.28. The number of nitriles is 1. The van der Waals surface area contributed by atoms with Crippen molar-refractivity contribution >= 4 is 16.7 Å². The number of benzene rings is 1. The Kier molecular flexibility index (Phi) is 6.03. The maximum Gasteiger partial charge on any atom is 0.252 e. The first-order valence-corrected chi connectivity index (χ1v) is 11.3. The maximum atomic E-state index is 12.6. The van der Waals surface area contributed by atoms with Gasteiger partial charge in [0.2, 0.25) is 0 Å². The van der Waals surface area contributed by atoms with Crippen molar-refractivity contribution in [3.05, 3.63) is 58.5 Å². The molecule has 7 nitrogen and oxygen atoms in total. The Labute approximate surface area is 194 Å². The molecule has 0 bridgehead atoms. The van der Waals surface area contributed by atoms with E-state index in [2.05, 4.69) is 22.9 Å². The zero-order chi connectivity index (χ0) is 23.8. The van der Waals surface area contributed by atoms with Crippen LogP contribution in [0.25, 0.3) is 11.0 Å². The highest BCUT2D eigenvalue weighted by Crippen LogP contribution is 2.31. The lowest BCUT2D eigenvalue weighted by atomic mass is 9.95. The Balaban J connectivity index is 1.51. The maximum absolute atomic E-state index is 12.6. The fourth-order valence-electron chi connectivity index (χ4n) is 4.25. The number of hydrogen-bond acceptors (Lipinski definition) is 6. The number of hydrogen-bond donors (Lipinski definition) is 0. The lowest BCUT2D eigenvalue weighted by Crippen LogP contribution is -2.45. The largest absolute Gasteiger partial charge is 0.490 e. The van der Waals surface area contributed by atoms with Crippen LogP contribution < -0.4 is 19.9 Å². The van der Waals surface area contributed by atoms with Crippen molar-refractivity contribution < 1.29 is 9.47 Å². The summed E-state index contributed by atoms with van der Waals surface area (Å²) in [5.74, 6) is 1.88. The van der Waals surface area contributed by atoms with Gasteiger partial charge in [-0.1, -0.05) is 6.92 Å². The molecular formula is C26H30N4O3. The Morgan fingerprint density at radius 2 is 1.82 bits per heavy atom.